The second-order valence-corrected chi connectivity index (χ2v) is 6.71. The summed E-state index contributed by atoms with van der Waals surface area (Å²) in [6, 6.07) is 0. The summed E-state index contributed by atoms with van der Waals surface area (Å²) in [6.45, 7) is 1.41. The van der Waals surface area contributed by atoms with Crippen LogP contribution in [0.15, 0.2) is 10.9 Å². The lowest BCUT2D eigenvalue weighted by Crippen LogP contribution is -2.34. The number of aliphatic hydroxyl groups excluding tert-OH is 2. The van der Waals surface area contributed by atoms with Gasteiger partial charge in [-0.25, -0.2) is 9.97 Å². The maximum Gasteiger partial charge on any atom is 0.305 e. The Kier molecular flexibility index (Phi) is 5.33. The number of primary amides is 1. The Bertz CT molecular complexity index is 858. The van der Waals surface area contributed by atoms with E-state index in [0.29, 0.717) is 0 Å². The van der Waals surface area contributed by atoms with Crippen LogP contribution >= 0.6 is 15.9 Å². The molecule has 0 aliphatic carbocycles. The van der Waals surface area contributed by atoms with E-state index in [0.717, 1.165) is 0 Å². The van der Waals surface area contributed by atoms with Gasteiger partial charge in [-0.15, -0.1) is 0 Å². The third-order valence-corrected chi connectivity index (χ3v) is 4.83. The molecule has 1 fully saturated rings. The van der Waals surface area contributed by atoms with Gasteiger partial charge in [-0.3, -0.25) is 14.2 Å². The molecule has 3 rings (SSSR count). The molecule has 0 bridgehead atoms. The highest BCUT2D eigenvalue weighted by molar-refractivity contribution is 9.10. The van der Waals surface area contributed by atoms with Gasteiger partial charge in [-0.2, -0.15) is 0 Å². The number of rotatable bonds is 5. The summed E-state index contributed by atoms with van der Waals surface area (Å²) < 4.78 is 12.1. The Morgan fingerprint density at radius 1 is 1.41 bits per heavy atom. The highest BCUT2D eigenvalue weighted by Crippen LogP contribution is 2.39. The van der Waals surface area contributed by atoms with E-state index in [9.17, 15) is 19.8 Å². The molecular formula is C15H18BrN5O6. The van der Waals surface area contributed by atoms with Crippen LogP contribution in [0.3, 0.4) is 0 Å². The molecule has 0 saturated carbocycles. The first-order valence-electron chi connectivity index (χ1n) is 8.04. The molecule has 0 radical (unpaired) electrons. The second kappa shape index (κ2) is 7.38. The smallest absolute Gasteiger partial charge is 0.305 e. The summed E-state index contributed by atoms with van der Waals surface area (Å²) in [6.07, 6.45) is -3.27. The van der Waals surface area contributed by atoms with E-state index in [1.807, 2.05) is 0 Å². The van der Waals surface area contributed by atoms with Crippen LogP contribution < -0.4 is 11.5 Å². The summed E-state index contributed by atoms with van der Waals surface area (Å²) in [5, 5.41) is 20.6. The lowest BCUT2D eigenvalue weighted by atomic mass is 10.1. The van der Waals surface area contributed by atoms with Crippen LogP contribution in [-0.2, 0) is 14.3 Å². The molecule has 3 aliphatic rings. The van der Waals surface area contributed by atoms with E-state index in [1.165, 1.54) is 10.9 Å². The zero-order chi connectivity index (χ0) is 19.9. The molecule has 1 saturated heterocycles. The maximum absolute atomic E-state index is 11.7. The first-order valence-corrected chi connectivity index (χ1v) is 8.84. The molecule has 27 heavy (non-hydrogen) atoms. The lowest BCUT2D eigenvalue weighted by Gasteiger charge is -2.21. The molecule has 11 nitrogen and oxygen atoms in total. The minimum atomic E-state index is -1.36. The van der Waals surface area contributed by atoms with Crippen LogP contribution in [0.25, 0.3) is 11.4 Å². The normalized spacial score (nSPS) is 25.0. The van der Waals surface area contributed by atoms with E-state index in [2.05, 4.69) is 25.9 Å². The fraction of sp³-hybridized carbons (Fsp3) is 0.467. The van der Waals surface area contributed by atoms with Crippen LogP contribution in [-0.4, -0.2) is 61.5 Å². The minimum absolute atomic E-state index is 0.0229. The van der Waals surface area contributed by atoms with Gasteiger partial charge in [0, 0.05) is 6.42 Å². The summed E-state index contributed by atoms with van der Waals surface area (Å²) >= 11 is 3.16. The fourth-order valence-electron chi connectivity index (χ4n) is 2.88. The van der Waals surface area contributed by atoms with Crippen molar-refractivity contribution in [3.8, 4) is 11.4 Å². The molecule has 3 heterocycles. The average Bonchev–Trinajstić information content (AvgIpc) is 3.12. The van der Waals surface area contributed by atoms with E-state index >= 15 is 0 Å². The van der Waals surface area contributed by atoms with Gasteiger partial charge in [0.2, 0.25) is 0 Å². The third-order valence-electron chi connectivity index (χ3n) is 4.26. The largest absolute Gasteiger partial charge is 0.463 e. The number of hydrogen-bond donors (Lipinski definition) is 4. The SMILES string of the molecule is CCC(=O)OC[C@@H]1O[C@H](n2cnc(N)c3c(C(N)=O)c(Br)nc2-3)[C@H](O)[C@H]1O. The van der Waals surface area contributed by atoms with Gasteiger partial charge < -0.3 is 31.2 Å². The maximum atomic E-state index is 11.7. The van der Waals surface area contributed by atoms with E-state index in [1.54, 1.807) is 6.92 Å². The topological polar surface area (TPSA) is 176 Å². The number of aromatic nitrogens is 3. The van der Waals surface area contributed by atoms with Crippen molar-refractivity contribution >= 4 is 33.6 Å². The Hall–Kier alpha value is -2.28. The molecule has 0 aromatic carbocycles. The van der Waals surface area contributed by atoms with Crippen molar-refractivity contribution in [1.29, 1.82) is 0 Å². The van der Waals surface area contributed by atoms with Crippen molar-refractivity contribution in [2.75, 3.05) is 12.3 Å². The minimum Gasteiger partial charge on any atom is -0.463 e. The van der Waals surface area contributed by atoms with Gasteiger partial charge >= 0.3 is 5.97 Å². The van der Waals surface area contributed by atoms with Crippen molar-refractivity contribution in [2.24, 2.45) is 5.73 Å². The van der Waals surface area contributed by atoms with Crippen LogP contribution in [0.2, 0.25) is 0 Å². The van der Waals surface area contributed by atoms with Gasteiger partial charge in [-0.05, 0) is 15.9 Å². The number of esters is 1. The lowest BCUT2D eigenvalue weighted by molar-refractivity contribution is -0.149. The predicted molar refractivity (Wildman–Crippen MR) is 94.4 cm³/mol. The summed E-state index contributed by atoms with van der Waals surface area (Å²) in [7, 11) is 0. The Morgan fingerprint density at radius 2 is 2.11 bits per heavy atom. The number of nitrogens with zero attached hydrogens (tertiary/aromatic N) is 3. The van der Waals surface area contributed by atoms with Crippen LogP contribution in [0.5, 0.6) is 0 Å². The molecule has 3 aliphatic heterocycles. The van der Waals surface area contributed by atoms with E-state index in [-0.39, 0.29) is 40.4 Å². The van der Waals surface area contributed by atoms with Crippen molar-refractivity contribution in [1.82, 2.24) is 14.5 Å². The number of fused-ring (bicyclic) bond motifs is 1. The first-order chi connectivity index (χ1) is 12.8. The molecule has 0 unspecified atom stereocenters. The number of ether oxygens (including phenoxy) is 2. The van der Waals surface area contributed by atoms with Crippen molar-refractivity contribution in [2.45, 2.75) is 37.9 Å². The Labute approximate surface area is 161 Å². The number of nitrogen functional groups attached to an aromatic ring is 1. The predicted octanol–water partition coefficient (Wildman–Crippen LogP) is -0.601. The highest BCUT2D eigenvalue weighted by Gasteiger charge is 2.45. The molecular weight excluding hydrogens is 426 g/mol. The molecule has 1 amide bonds. The monoisotopic (exact) mass is 443 g/mol. The molecule has 12 heteroatoms. The highest BCUT2D eigenvalue weighted by atomic mass is 79.9. The average molecular weight is 444 g/mol. The number of hydrogen-bond acceptors (Lipinski definition) is 9. The molecule has 0 aromatic rings. The Morgan fingerprint density at radius 3 is 2.74 bits per heavy atom. The fourth-order valence-corrected chi connectivity index (χ4v) is 3.44. The molecule has 4 atom stereocenters. The molecule has 6 N–H and O–H groups in total. The number of nitrogens with two attached hydrogens (primary N) is 2. The second-order valence-electron chi connectivity index (χ2n) is 5.96. The first kappa shape index (κ1) is 19.5. The molecule has 146 valence electrons. The zero-order valence-electron chi connectivity index (χ0n) is 14.2. The number of carbonyl (C=O) groups excluding carboxylic acids is 2. The van der Waals surface area contributed by atoms with Gasteiger partial charge in [0.25, 0.3) is 5.91 Å². The number of anilines is 1. The summed E-state index contributed by atoms with van der Waals surface area (Å²) in [5.74, 6) is -1.01. The number of amides is 1. The van der Waals surface area contributed by atoms with Gasteiger partial charge in [0.05, 0.1) is 11.1 Å². The van der Waals surface area contributed by atoms with Gasteiger partial charge in [0.15, 0.2) is 6.23 Å². The van der Waals surface area contributed by atoms with Crippen LogP contribution in [0.4, 0.5) is 5.82 Å². The van der Waals surface area contributed by atoms with Crippen LogP contribution in [0, 0.1) is 0 Å². The Balaban J connectivity index is 1.94. The van der Waals surface area contributed by atoms with Crippen molar-refractivity contribution < 1.29 is 29.3 Å². The summed E-state index contributed by atoms with van der Waals surface area (Å²) in [4.78, 5) is 31.2. The third kappa shape index (κ3) is 3.36. The van der Waals surface area contributed by atoms with Crippen molar-refractivity contribution in [3.63, 3.8) is 0 Å². The number of halogens is 1. The van der Waals surface area contributed by atoms with E-state index < -0.39 is 36.4 Å². The molecule has 0 spiro atoms. The standard InChI is InChI=1S/C15H18BrN5O6/c1-2-6(22)26-3-5-9(23)10(24)15(27-5)21-4-19-12(17)8-7(13(18)25)11(16)20-14(8)21/h4-5,9-10,15,23-24H,2-3,17H2,1H3,(H2,18,25)/t5-,9-,10+,15-/m0/s1. The van der Waals surface area contributed by atoms with Gasteiger partial charge in [-0.1, -0.05) is 6.92 Å². The number of carbonyl (C=O) groups is 2. The quantitative estimate of drug-likeness (QED) is 0.439. The van der Waals surface area contributed by atoms with E-state index in [4.69, 9.17) is 20.9 Å². The number of aliphatic hydroxyl groups is 2. The summed E-state index contributed by atoms with van der Waals surface area (Å²) in [5.41, 5.74) is 11.5. The van der Waals surface area contributed by atoms with Crippen molar-refractivity contribution in [3.05, 3.63) is 16.5 Å². The molecule has 0 aromatic heterocycles. The van der Waals surface area contributed by atoms with Gasteiger partial charge in [0.1, 0.15) is 47.5 Å². The van der Waals surface area contributed by atoms with Crippen LogP contribution in [0.1, 0.15) is 29.9 Å². The zero-order valence-corrected chi connectivity index (χ0v) is 15.8.